The molecular weight excluding hydrogens is 136 g/mol. The summed E-state index contributed by atoms with van der Waals surface area (Å²) < 4.78 is 0. The van der Waals surface area contributed by atoms with E-state index in [4.69, 9.17) is 0 Å². The summed E-state index contributed by atoms with van der Waals surface area (Å²) in [6.45, 7) is 6.67. The SMILES string of the molecule is CC(C)[C@@H]1CC[C@@H](C)[C@@H](O)C1. The van der Waals surface area contributed by atoms with Crippen LogP contribution >= 0.6 is 0 Å². The fourth-order valence-electron chi connectivity index (χ4n) is 1.94. The molecule has 0 saturated heterocycles. The second kappa shape index (κ2) is 3.57. The molecule has 0 amide bonds. The van der Waals surface area contributed by atoms with Crippen molar-refractivity contribution in [1.29, 1.82) is 0 Å². The minimum atomic E-state index is -0.0313. The molecule has 1 aliphatic rings. The van der Waals surface area contributed by atoms with Gasteiger partial charge in [-0.05, 0) is 37.0 Å². The summed E-state index contributed by atoms with van der Waals surface area (Å²) >= 11 is 0. The first-order valence-corrected chi connectivity index (χ1v) is 4.79. The van der Waals surface area contributed by atoms with Crippen LogP contribution < -0.4 is 0 Å². The number of aliphatic hydroxyl groups excluding tert-OH is 1. The molecule has 1 heteroatoms. The van der Waals surface area contributed by atoms with Crippen LogP contribution in [0.1, 0.15) is 40.0 Å². The van der Waals surface area contributed by atoms with Crippen LogP contribution in [0.3, 0.4) is 0 Å². The molecule has 1 saturated carbocycles. The number of hydrogen-bond acceptors (Lipinski definition) is 1. The van der Waals surface area contributed by atoms with Gasteiger partial charge < -0.3 is 5.11 Å². The molecule has 0 aromatic rings. The van der Waals surface area contributed by atoms with Crippen molar-refractivity contribution in [2.45, 2.75) is 46.1 Å². The summed E-state index contributed by atoms with van der Waals surface area (Å²) in [5.74, 6) is 2.04. The topological polar surface area (TPSA) is 20.2 Å². The lowest BCUT2D eigenvalue weighted by atomic mass is 9.76. The van der Waals surface area contributed by atoms with Crippen LogP contribution in [0.25, 0.3) is 0 Å². The normalized spacial score (nSPS) is 39.5. The van der Waals surface area contributed by atoms with Gasteiger partial charge in [0.15, 0.2) is 0 Å². The molecule has 0 spiro atoms. The van der Waals surface area contributed by atoms with Crippen LogP contribution in [0, 0.1) is 17.8 Å². The lowest BCUT2D eigenvalue weighted by Crippen LogP contribution is -2.29. The molecule has 11 heavy (non-hydrogen) atoms. The van der Waals surface area contributed by atoms with Gasteiger partial charge in [-0.2, -0.15) is 0 Å². The van der Waals surface area contributed by atoms with Gasteiger partial charge in [0.05, 0.1) is 6.10 Å². The Morgan fingerprint density at radius 1 is 1.27 bits per heavy atom. The molecular formula is C10H20O. The van der Waals surface area contributed by atoms with E-state index < -0.39 is 0 Å². The molecule has 0 unspecified atom stereocenters. The lowest BCUT2D eigenvalue weighted by molar-refractivity contribution is 0.0410. The predicted molar refractivity (Wildman–Crippen MR) is 47.3 cm³/mol. The van der Waals surface area contributed by atoms with Crippen LogP contribution in [-0.4, -0.2) is 11.2 Å². The molecule has 0 bridgehead atoms. The smallest absolute Gasteiger partial charge is 0.0568 e. The standard InChI is InChI=1S/C10H20O/c1-7(2)9-5-4-8(3)10(11)6-9/h7-11H,4-6H2,1-3H3/t8-,9-,10+/m1/s1. The molecule has 1 fully saturated rings. The fourth-order valence-corrected chi connectivity index (χ4v) is 1.94. The van der Waals surface area contributed by atoms with Gasteiger partial charge in [0.1, 0.15) is 0 Å². The van der Waals surface area contributed by atoms with Gasteiger partial charge in [-0.25, -0.2) is 0 Å². The summed E-state index contributed by atoms with van der Waals surface area (Å²) in [4.78, 5) is 0. The predicted octanol–water partition coefficient (Wildman–Crippen LogP) is 2.44. The summed E-state index contributed by atoms with van der Waals surface area (Å²) in [5.41, 5.74) is 0. The average Bonchev–Trinajstić information content (AvgIpc) is 1.94. The van der Waals surface area contributed by atoms with E-state index in [1.165, 1.54) is 12.8 Å². The summed E-state index contributed by atoms with van der Waals surface area (Å²) in [6, 6.07) is 0. The molecule has 3 atom stereocenters. The summed E-state index contributed by atoms with van der Waals surface area (Å²) in [6.07, 6.45) is 3.52. The maximum atomic E-state index is 9.60. The summed E-state index contributed by atoms with van der Waals surface area (Å²) in [5, 5.41) is 9.60. The van der Waals surface area contributed by atoms with Crippen LogP contribution in [0.15, 0.2) is 0 Å². The van der Waals surface area contributed by atoms with E-state index in [1.54, 1.807) is 0 Å². The Bertz CT molecular complexity index is 120. The van der Waals surface area contributed by atoms with Gasteiger partial charge in [-0.1, -0.05) is 20.8 Å². The van der Waals surface area contributed by atoms with E-state index in [0.29, 0.717) is 5.92 Å². The molecule has 0 aromatic carbocycles. The maximum Gasteiger partial charge on any atom is 0.0568 e. The van der Waals surface area contributed by atoms with Gasteiger partial charge in [0.25, 0.3) is 0 Å². The van der Waals surface area contributed by atoms with Crippen molar-refractivity contribution in [2.75, 3.05) is 0 Å². The minimum Gasteiger partial charge on any atom is -0.393 e. The highest BCUT2D eigenvalue weighted by Crippen LogP contribution is 2.32. The molecule has 1 rings (SSSR count). The summed E-state index contributed by atoms with van der Waals surface area (Å²) in [7, 11) is 0. The van der Waals surface area contributed by atoms with Gasteiger partial charge in [0.2, 0.25) is 0 Å². The second-order valence-corrected chi connectivity index (χ2v) is 4.36. The zero-order valence-corrected chi connectivity index (χ0v) is 7.88. The Balaban J connectivity index is 2.40. The Kier molecular flexibility index (Phi) is 2.94. The Labute approximate surface area is 69.8 Å². The molecule has 0 heterocycles. The molecule has 1 nitrogen and oxygen atoms in total. The van der Waals surface area contributed by atoms with Crippen molar-refractivity contribution in [3.8, 4) is 0 Å². The van der Waals surface area contributed by atoms with E-state index in [-0.39, 0.29) is 6.10 Å². The van der Waals surface area contributed by atoms with E-state index in [2.05, 4.69) is 20.8 Å². The van der Waals surface area contributed by atoms with Gasteiger partial charge in [-0.3, -0.25) is 0 Å². The van der Waals surface area contributed by atoms with Gasteiger partial charge in [0, 0.05) is 0 Å². The van der Waals surface area contributed by atoms with Gasteiger partial charge in [-0.15, -0.1) is 0 Å². The van der Waals surface area contributed by atoms with E-state index in [0.717, 1.165) is 18.3 Å². The molecule has 0 aliphatic heterocycles. The number of aliphatic hydroxyl groups is 1. The van der Waals surface area contributed by atoms with E-state index in [9.17, 15) is 5.11 Å². The van der Waals surface area contributed by atoms with Crippen LogP contribution in [0.4, 0.5) is 0 Å². The van der Waals surface area contributed by atoms with Crippen molar-refractivity contribution < 1.29 is 5.11 Å². The number of hydrogen-bond donors (Lipinski definition) is 1. The highest BCUT2D eigenvalue weighted by atomic mass is 16.3. The van der Waals surface area contributed by atoms with Crippen LogP contribution in [0.5, 0.6) is 0 Å². The van der Waals surface area contributed by atoms with Crippen LogP contribution in [0.2, 0.25) is 0 Å². The number of rotatable bonds is 1. The molecule has 66 valence electrons. The minimum absolute atomic E-state index is 0.0313. The zero-order chi connectivity index (χ0) is 8.43. The molecule has 0 aromatic heterocycles. The first-order chi connectivity index (χ1) is 5.11. The van der Waals surface area contributed by atoms with Crippen molar-refractivity contribution in [2.24, 2.45) is 17.8 Å². The zero-order valence-electron chi connectivity index (χ0n) is 7.88. The molecule has 0 radical (unpaired) electrons. The third kappa shape index (κ3) is 2.19. The van der Waals surface area contributed by atoms with Crippen molar-refractivity contribution in [3.63, 3.8) is 0 Å². The molecule has 1 N–H and O–H groups in total. The second-order valence-electron chi connectivity index (χ2n) is 4.36. The average molecular weight is 156 g/mol. The highest BCUT2D eigenvalue weighted by molar-refractivity contribution is 4.78. The van der Waals surface area contributed by atoms with Gasteiger partial charge >= 0.3 is 0 Å². The largest absolute Gasteiger partial charge is 0.393 e. The van der Waals surface area contributed by atoms with Crippen molar-refractivity contribution >= 4 is 0 Å². The lowest BCUT2D eigenvalue weighted by Gasteiger charge is -2.33. The Hall–Kier alpha value is -0.0400. The first-order valence-electron chi connectivity index (χ1n) is 4.79. The van der Waals surface area contributed by atoms with Crippen molar-refractivity contribution in [3.05, 3.63) is 0 Å². The third-order valence-corrected chi connectivity index (χ3v) is 3.14. The maximum absolute atomic E-state index is 9.60. The quantitative estimate of drug-likeness (QED) is 0.618. The Morgan fingerprint density at radius 3 is 2.36 bits per heavy atom. The van der Waals surface area contributed by atoms with Crippen molar-refractivity contribution in [1.82, 2.24) is 0 Å². The fraction of sp³-hybridized carbons (Fsp3) is 1.00. The molecule has 1 aliphatic carbocycles. The first kappa shape index (κ1) is 9.05. The highest BCUT2D eigenvalue weighted by Gasteiger charge is 2.27. The van der Waals surface area contributed by atoms with Crippen LogP contribution in [-0.2, 0) is 0 Å². The Morgan fingerprint density at radius 2 is 1.91 bits per heavy atom. The third-order valence-electron chi connectivity index (χ3n) is 3.14. The van der Waals surface area contributed by atoms with E-state index in [1.807, 2.05) is 0 Å². The van der Waals surface area contributed by atoms with E-state index >= 15 is 0 Å². The monoisotopic (exact) mass is 156 g/mol.